The fourth-order valence-electron chi connectivity index (χ4n) is 4.43. The first kappa shape index (κ1) is 20.5. The summed E-state index contributed by atoms with van der Waals surface area (Å²) < 4.78 is 14.0. The molecule has 2 aromatic carbocycles. The number of rotatable bonds is 5. The minimum absolute atomic E-state index is 0.185. The molecule has 0 amide bonds. The van der Waals surface area contributed by atoms with Gasteiger partial charge in [0.2, 0.25) is 0 Å². The van der Waals surface area contributed by atoms with Gasteiger partial charge in [-0.3, -0.25) is 4.90 Å². The molecule has 0 radical (unpaired) electrons. The van der Waals surface area contributed by atoms with E-state index in [2.05, 4.69) is 32.3 Å². The zero-order chi connectivity index (χ0) is 20.5. The lowest BCUT2D eigenvalue weighted by Gasteiger charge is -2.42. The molecule has 0 aliphatic carbocycles. The molecular formula is C23H24BrClFN3. The van der Waals surface area contributed by atoms with Crippen molar-refractivity contribution >= 4 is 39.3 Å². The van der Waals surface area contributed by atoms with Crippen molar-refractivity contribution in [1.29, 1.82) is 0 Å². The average molecular weight is 477 g/mol. The standard InChI is InChI=1S/C23H24BrClFN3/c1-15(2-5-17-10-21(24)22(25)11-23(17)27)29-19-8-9-20(29)14-28(13-19)12-16-3-6-18(26)7-4-16/h2-7,10-11,19-20H,1,8-9,12-14,27H2/b5-2+. The molecule has 2 aliphatic heterocycles. The fourth-order valence-corrected chi connectivity index (χ4v) is 4.96. The SMILES string of the molecule is C=C(/C=C/c1cc(Br)c(Cl)cc1N)N1C2CCC1CN(Cc1ccc(F)cc1)C2. The number of allylic oxidation sites excluding steroid dienone is 1. The van der Waals surface area contributed by atoms with E-state index in [1.54, 1.807) is 6.07 Å². The highest BCUT2D eigenvalue weighted by molar-refractivity contribution is 9.10. The average Bonchev–Trinajstić information content (AvgIpc) is 2.96. The first-order chi connectivity index (χ1) is 13.9. The monoisotopic (exact) mass is 475 g/mol. The van der Waals surface area contributed by atoms with Crippen molar-refractivity contribution in [3.63, 3.8) is 0 Å². The second kappa shape index (κ2) is 8.50. The molecule has 0 saturated carbocycles. The number of piperazine rings is 1. The van der Waals surface area contributed by atoms with Crippen molar-refractivity contribution in [2.45, 2.75) is 31.5 Å². The summed E-state index contributed by atoms with van der Waals surface area (Å²) >= 11 is 9.55. The summed E-state index contributed by atoms with van der Waals surface area (Å²) in [5.74, 6) is -0.185. The van der Waals surface area contributed by atoms with E-state index < -0.39 is 0 Å². The van der Waals surface area contributed by atoms with E-state index in [4.69, 9.17) is 17.3 Å². The molecule has 2 bridgehead atoms. The van der Waals surface area contributed by atoms with E-state index >= 15 is 0 Å². The highest BCUT2D eigenvalue weighted by atomic mass is 79.9. The van der Waals surface area contributed by atoms with E-state index in [9.17, 15) is 4.39 Å². The minimum Gasteiger partial charge on any atom is -0.398 e. The van der Waals surface area contributed by atoms with Gasteiger partial charge in [-0.2, -0.15) is 0 Å². The van der Waals surface area contributed by atoms with Gasteiger partial charge in [-0.1, -0.05) is 36.4 Å². The maximum Gasteiger partial charge on any atom is 0.123 e. The van der Waals surface area contributed by atoms with Crippen molar-refractivity contribution in [1.82, 2.24) is 9.80 Å². The molecule has 2 unspecified atom stereocenters. The quantitative estimate of drug-likeness (QED) is 0.444. The Morgan fingerprint density at radius 1 is 1.21 bits per heavy atom. The normalized spacial score (nSPS) is 21.8. The van der Waals surface area contributed by atoms with Gasteiger partial charge >= 0.3 is 0 Å². The van der Waals surface area contributed by atoms with Crippen molar-refractivity contribution in [2.24, 2.45) is 0 Å². The van der Waals surface area contributed by atoms with Crippen LogP contribution in [0.4, 0.5) is 10.1 Å². The Labute approximate surface area is 184 Å². The molecule has 6 heteroatoms. The Hall–Kier alpha value is -1.82. The molecule has 2 saturated heterocycles. The topological polar surface area (TPSA) is 32.5 Å². The third-order valence-corrected chi connectivity index (χ3v) is 6.99. The van der Waals surface area contributed by atoms with Gasteiger partial charge in [-0.05, 0) is 70.2 Å². The summed E-state index contributed by atoms with van der Waals surface area (Å²) in [5.41, 5.74) is 9.83. The van der Waals surface area contributed by atoms with E-state index in [0.717, 1.165) is 40.9 Å². The van der Waals surface area contributed by atoms with Gasteiger partial charge in [0.25, 0.3) is 0 Å². The first-order valence-corrected chi connectivity index (χ1v) is 10.9. The van der Waals surface area contributed by atoms with E-state index in [0.29, 0.717) is 22.8 Å². The van der Waals surface area contributed by atoms with Crippen LogP contribution in [0.1, 0.15) is 24.0 Å². The summed E-state index contributed by atoms with van der Waals surface area (Å²) in [6, 6.07) is 11.4. The Kier molecular flexibility index (Phi) is 6.00. The van der Waals surface area contributed by atoms with Gasteiger partial charge in [0.15, 0.2) is 0 Å². The van der Waals surface area contributed by atoms with Crippen LogP contribution >= 0.6 is 27.5 Å². The van der Waals surface area contributed by atoms with Gasteiger partial charge in [0, 0.05) is 47.6 Å². The lowest BCUT2D eigenvalue weighted by atomic mass is 10.1. The summed E-state index contributed by atoms with van der Waals surface area (Å²) in [6.07, 6.45) is 6.40. The Balaban J connectivity index is 1.42. The van der Waals surface area contributed by atoms with Gasteiger partial charge < -0.3 is 10.6 Å². The molecule has 29 heavy (non-hydrogen) atoms. The highest BCUT2D eigenvalue weighted by Gasteiger charge is 2.39. The van der Waals surface area contributed by atoms with Gasteiger partial charge in [-0.25, -0.2) is 4.39 Å². The number of likely N-dealkylation sites (tertiary alicyclic amines) is 1. The maximum absolute atomic E-state index is 13.1. The van der Waals surface area contributed by atoms with Gasteiger partial charge in [0.1, 0.15) is 5.82 Å². The lowest BCUT2D eigenvalue weighted by Crippen LogP contribution is -2.52. The molecule has 4 rings (SSSR count). The number of anilines is 1. The largest absolute Gasteiger partial charge is 0.398 e. The smallest absolute Gasteiger partial charge is 0.123 e. The van der Waals surface area contributed by atoms with Crippen LogP contribution in [0.15, 0.2) is 59.2 Å². The number of hydrogen-bond donors (Lipinski definition) is 1. The molecule has 0 spiro atoms. The van der Waals surface area contributed by atoms with Crippen molar-refractivity contribution in [3.8, 4) is 0 Å². The molecule has 152 valence electrons. The number of nitrogen functional groups attached to an aromatic ring is 1. The molecule has 0 aromatic heterocycles. The van der Waals surface area contributed by atoms with Gasteiger partial charge in [-0.15, -0.1) is 0 Å². The van der Waals surface area contributed by atoms with Crippen LogP contribution in [0.3, 0.4) is 0 Å². The van der Waals surface area contributed by atoms with E-state index in [1.807, 2.05) is 30.4 Å². The van der Waals surface area contributed by atoms with Crippen LogP contribution in [0, 0.1) is 5.82 Å². The predicted octanol–water partition coefficient (Wildman–Crippen LogP) is 5.70. The van der Waals surface area contributed by atoms with Crippen LogP contribution in [0.2, 0.25) is 5.02 Å². The lowest BCUT2D eigenvalue weighted by molar-refractivity contribution is 0.0929. The second-order valence-electron chi connectivity index (χ2n) is 7.83. The Morgan fingerprint density at radius 2 is 1.86 bits per heavy atom. The molecule has 2 N–H and O–H groups in total. The summed E-state index contributed by atoms with van der Waals surface area (Å²) in [7, 11) is 0. The van der Waals surface area contributed by atoms with Crippen LogP contribution in [-0.2, 0) is 6.54 Å². The number of fused-ring (bicyclic) bond motifs is 2. The molecule has 2 aliphatic rings. The number of nitrogens with two attached hydrogens (primary N) is 1. The zero-order valence-corrected chi connectivity index (χ0v) is 18.5. The molecule has 3 nitrogen and oxygen atoms in total. The maximum atomic E-state index is 13.1. The third kappa shape index (κ3) is 4.52. The summed E-state index contributed by atoms with van der Waals surface area (Å²) in [4.78, 5) is 4.93. The first-order valence-electron chi connectivity index (χ1n) is 9.77. The minimum atomic E-state index is -0.185. The van der Waals surface area contributed by atoms with Gasteiger partial charge in [0.05, 0.1) is 5.02 Å². The fraction of sp³-hybridized carbons (Fsp3) is 0.304. The second-order valence-corrected chi connectivity index (χ2v) is 9.09. The molecule has 2 heterocycles. The number of hydrogen-bond acceptors (Lipinski definition) is 3. The third-order valence-electron chi connectivity index (χ3n) is 5.79. The Bertz CT molecular complexity index is 930. The van der Waals surface area contributed by atoms with Crippen molar-refractivity contribution in [2.75, 3.05) is 18.8 Å². The summed E-state index contributed by atoms with van der Waals surface area (Å²) in [5, 5.41) is 0.605. The van der Waals surface area contributed by atoms with Crippen LogP contribution in [-0.4, -0.2) is 35.0 Å². The zero-order valence-electron chi connectivity index (χ0n) is 16.1. The Morgan fingerprint density at radius 3 is 2.52 bits per heavy atom. The number of nitrogens with zero attached hydrogens (tertiary/aromatic N) is 2. The molecule has 2 fully saturated rings. The van der Waals surface area contributed by atoms with Crippen LogP contribution in [0.25, 0.3) is 6.08 Å². The van der Waals surface area contributed by atoms with Crippen molar-refractivity contribution < 1.29 is 4.39 Å². The van der Waals surface area contributed by atoms with Crippen LogP contribution < -0.4 is 5.73 Å². The molecule has 2 atom stereocenters. The number of halogens is 3. The van der Waals surface area contributed by atoms with Crippen molar-refractivity contribution in [3.05, 3.63) is 81.2 Å². The van der Waals surface area contributed by atoms with Crippen LogP contribution in [0.5, 0.6) is 0 Å². The summed E-state index contributed by atoms with van der Waals surface area (Å²) in [6.45, 7) is 7.17. The van der Waals surface area contributed by atoms with E-state index in [1.165, 1.54) is 25.0 Å². The predicted molar refractivity (Wildman–Crippen MR) is 122 cm³/mol. The molecule has 2 aromatic rings. The van der Waals surface area contributed by atoms with E-state index in [-0.39, 0.29) is 5.82 Å². The number of benzene rings is 2. The highest BCUT2D eigenvalue weighted by Crippen LogP contribution is 2.35. The molecular weight excluding hydrogens is 453 g/mol.